The molecule has 0 heteroatoms. The van der Waals surface area contributed by atoms with E-state index in [0.717, 1.165) is 17.8 Å². The number of hydrogen-bond acceptors (Lipinski definition) is 0. The first-order valence-corrected chi connectivity index (χ1v) is 9.31. The fourth-order valence-corrected chi connectivity index (χ4v) is 8.24. The Kier molecular flexibility index (Phi) is 2.08. The normalized spacial score (nSPS) is 48.0. The minimum atomic E-state index is 0.559. The van der Waals surface area contributed by atoms with E-state index in [-0.39, 0.29) is 0 Å². The summed E-state index contributed by atoms with van der Waals surface area (Å²) in [6.07, 6.45) is 5.73. The van der Waals surface area contributed by atoms with Gasteiger partial charge in [0.15, 0.2) is 0 Å². The van der Waals surface area contributed by atoms with Crippen molar-refractivity contribution in [1.29, 1.82) is 0 Å². The molecule has 0 aliphatic heterocycles. The molecule has 0 heterocycles. The van der Waals surface area contributed by atoms with E-state index < -0.39 is 0 Å². The average molecular weight is 300 g/mol. The van der Waals surface area contributed by atoms with Gasteiger partial charge in [0, 0.05) is 5.41 Å². The van der Waals surface area contributed by atoms with E-state index in [2.05, 4.69) is 67.6 Å². The first-order chi connectivity index (χ1) is 11.2. The molecule has 0 N–H and O–H groups in total. The van der Waals surface area contributed by atoms with Crippen LogP contribution >= 0.6 is 0 Å². The van der Waals surface area contributed by atoms with E-state index in [0.29, 0.717) is 16.2 Å². The highest BCUT2D eigenvalue weighted by Crippen LogP contribution is 2.98. The summed E-state index contributed by atoms with van der Waals surface area (Å²) < 4.78 is 0. The molecule has 2 aromatic rings. The molecule has 6 rings (SSSR count). The van der Waals surface area contributed by atoms with Crippen LogP contribution in [0.25, 0.3) is 0 Å². The van der Waals surface area contributed by atoms with E-state index in [1.54, 1.807) is 11.1 Å². The van der Waals surface area contributed by atoms with Crippen molar-refractivity contribution in [2.75, 3.05) is 0 Å². The second-order valence-corrected chi connectivity index (χ2v) is 9.03. The Hall–Kier alpha value is -1.56. The molecule has 0 bridgehead atoms. The third kappa shape index (κ3) is 1.13. The number of hydrogen-bond donors (Lipinski definition) is 0. The van der Waals surface area contributed by atoms with Crippen molar-refractivity contribution in [2.24, 2.45) is 28.6 Å². The Morgan fingerprint density at radius 3 is 2.17 bits per heavy atom. The van der Waals surface area contributed by atoms with Gasteiger partial charge in [0.2, 0.25) is 0 Å². The molecule has 0 saturated heterocycles. The van der Waals surface area contributed by atoms with E-state index >= 15 is 0 Å². The smallest absolute Gasteiger partial charge is 0.00284 e. The fraction of sp³-hybridized carbons (Fsp3) is 0.478. The maximum absolute atomic E-state index is 2.59. The first-order valence-electron chi connectivity index (χ1n) is 9.31. The molecule has 0 aromatic heterocycles. The van der Waals surface area contributed by atoms with Crippen LogP contribution in [0.3, 0.4) is 0 Å². The van der Waals surface area contributed by atoms with Crippen LogP contribution in [0.15, 0.2) is 60.7 Å². The van der Waals surface area contributed by atoms with Gasteiger partial charge in [-0.2, -0.15) is 0 Å². The van der Waals surface area contributed by atoms with Crippen molar-refractivity contribution in [3.63, 3.8) is 0 Å². The standard InChI is InChI=1S/C23H24/c1-21-13-19-18(12-16-8-4-2-5-9-16)20-14-22(15-21,23(19,20)21)17-10-6-3-7-11-17/h2-11,18-20H,12-15H2,1H3. The molecule has 0 radical (unpaired) electrons. The maximum Gasteiger partial charge on any atom is 0.00284 e. The molecule has 4 aliphatic carbocycles. The van der Waals surface area contributed by atoms with E-state index in [4.69, 9.17) is 0 Å². The van der Waals surface area contributed by atoms with Gasteiger partial charge in [-0.3, -0.25) is 0 Å². The zero-order valence-corrected chi connectivity index (χ0v) is 13.8. The van der Waals surface area contributed by atoms with Gasteiger partial charge < -0.3 is 0 Å². The lowest BCUT2D eigenvalue weighted by molar-refractivity contribution is -0.468. The zero-order chi connectivity index (χ0) is 15.3. The molecular weight excluding hydrogens is 276 g/mol. The summed E-state index contributed by atoms with van der Waals surface area (Å²) >= 11 is 0. The van der Waals surface area contributed by atoms with Gasteiger partial charge in [-0.05, 0) is 65.4 Å². The van der Waals surface area contributed by atoms with Gasteiger partial charge >= 0.3 is 0 Å². The van der Waals surface area contributed by atoms with Gasteiger partial charge in [-0.1, -0.05) is 67.6 Å². The van der Waals surface area contributed by atoms with Crippen molar-refractivity contribution in [2.45, 2.75) is 38.0 Å². The Morgan fingerprint density at radius 2 is 1.52 bits per heavy atom. The maximum atomic E-state index is 2.59. The first kappa shape index (κ1) is 12.8. The number of rotatable bonds is 3. The topological polar surface area (TPSA) is 0 Å². The second-order valence-electron chi connectivity index (χ2n) is 9.03. The zero-order valence-electron chi connectivity index (χ0n) is 13.8. The molecule has 23 heavy (non-hydrogen) atoms. The van der Waals surface area contributed by atoms with Crippen molar-refractivity contribution >= 4 is 0 Å². The summed E-state index contributed by atoms with van der Waals surface area (Å²) in [5.41, 5.74) is 5.13. The Labute approximate surface area is 138 Å². The molecule has 1 spiro atoms. The van der Waals surface area contributed by atoms with Gasteiger partial charge in [0.1, 0.15) is 0 Å². The lowest BCUT2D eigenvalue weighted by atomic mass is 9.06. The van der Waals surface area contributed by atoms with E-state index in [1.165, 1.54) is 25.7 Å². The monoisotopic (exact) mass is 300 g/mol. The average Bonchev–Trinajstić information content (AvgIpc) is 2.55. The van der Waals surface area contributed by atoms with Crippen LogP contribution < -0.4 is 0 Å². The van der Waals surface area contributed by atoms with Crippen LogP contribution in [-0.4, -0.2) is 0 Å². The Balaban J connectivity index is 1.33. The fourth-order valence-electron chi connectivity index (χ4n) is 8.24. The molecule has 4 fully saturated rings. The Morgan fingerprint density at radius 1 is 0.870 bits per heavy atom. The lowest BCUT2D eigenvalue weighted by Crippen LogP contribution is -2.94. The van der Waals surface area contributed by atoms with Crippen molar-refractivity contribution < 1.29 is 0 Å². The molecule has 116 valence electrons. The summed E-state index contributed by atoms with van der Waals surface area (Å²) in [6, 6.07) is 22.7. The molecule has 4 saturated carbocycles. The third-order valence-electron chi connectivity index (χ3n) is 8.57. The van der Waals surface area contributed by atoms with Gasteiger partial charge in [0.05, 0.1) is 0 Å². The van der Waals surface area contributed by atoms with Crippen LogP contribution in [-0.2, 0) is 11.8 Å². The van der Waals surface area contributed by atoms with Crippen LogP contribution in [0, 0.1) is 28.6 Å². The number of benzene rings is 2. The van der Waals surface area contributed by atoms with Gasteiger partial charge in [-0.15, -0.1) is 0 Å². The summed E-state index contributed by atoms with van der Waals surface area (Å²) in [4.78, 5) is 0. The van der Waals surface area contributed by atoms with E-state index in [9.17, 15) is 0 Å². The van der Waals surface area contributed by atoms with E-state index in [1.807, 2.05) is 0 Å². The van der Waals surface area contributed by atoms with Crippen molar-refractivity contribution in [3.8, 4) is 0 Å². The molecule has 0 nitrogen and oxygen atoms in total. The third-order valence-corrected chi connectivity index (χ3v) is 8.57. The SMILES string of the molecule is CC12CC3C(Cc4ccccc4)C4CC(c5ccccc5)(C1)C342. The summed E-state index contributed by atoms with van der Waals surface area (Å²) in [5.74, 6) is 2.96. The highest BCUT2D eigenvalue weighted by Gasteiger charge is 2.94. The molecule has 0 amide bonds. The molecule has 6 unspecified atom stereocenters. The molecule has 4 aliphatic rings. The Bertz CT molecular complexity index is 770. The summed E-state index contributed by atoms with van der Waals surface area (Å²) in [5, 5.41) is 0. The van der Waals surface area contributed by atoms with Crippen molar-refractivity contribution in [1.82, 2.24) is 0 Å². The van der Waals surface area contributed by atoms with Crippen molar-refractivity contribution in [3.05, 3.63) is 71.8 Å². The highest BCUT2D eigenvalue weighted by molar-refractivity contribution is 5.52. The molecular formula is C23H24. The van der Waals surface area contributed by atoms with Gasteiger partial charge in [0.25, 0.3) is 0 Å². The second kappa shape index (κ2) is 3.74. The minimum Gasteiger partial charge on any atom is -0.0622 e. The largest absolute Gasteiger partial charge is 0.0622 e. The summed E-state index contributed by atoms with van der Waals surface area (Å²) in [6.45, 7) is 2.59. The molecule has 2 aromatic carbocycles. The predicted molar refractivity (Wildman–Crippen MR) is 93.1 cm³/mol. The molecule has 6 atom stereocenters. The lowest BCUT2D eigenvalue weighted by Gasteiger charge is -2.98. The van der Waals surface area contributed by atoms with Crippen LogP contribution in [0.1, 0.15) is 37.3 Å². The quantitative estimate of drug-likeness (QED) is 0.728. The van der Waals surface area contributed by atoms with Crippen LogP contribution in [0.2, 0.25) is 0 Å². The van der Waals surface area contributed by atoms with Crippen LogP contribution in [0.5, 0.6) is 0 Å². The summed E-state index contributed by atoms with van der Waals surface area (Å²) in [7, 11) is 0. The highest BCUT2D eigenvalue weighted by atomic mass is 15.0. The minimum absolute atomic E-state index is 0.559. The predicted octanol–water partition coefficient (Wildman–Crippen LogP) is 5.23. The van der Waals surface area contributed by atoms with Crippen LogP contribution in [0.4, 0.5) is 0 Å². The van der Waals surface area contributed by atoms with Gasteiger partial charge in [-0.25, -0.2) is 0 Å².